The minimum absolute atomic E-state index is 0.494. The molecule has 0 amide bonds. The standard InChI is InChI=1S/C18H29NO/c1-13-9-14(2)11-17(10-13)19-15(3)12-16-7-5-6-8-18(16)20-4/h5-8,13-15,17,19H,9-12H2,1-4H3. The Bertz CT molecular complexity index is 408. The van der Waals surface area contributed by atoms with Gasteiger partial charge in [-0.1, -0.05) is 32.0 Å². The molecule has 1 saturated carbocycles. The number of methoxy groups -OCH3 is 1. The molecule has 0 heterocycles. The maximum absolute atomic E-state index is 5.44. The fourth-order valence-electron chi connectivity index (χ4n) is 3.75. The maximum Gasteiger partial charge on any atom is 0.122 e. The molecule has 2 nitrogen and oxygen atoms in total. The van der Waals surface area contributed by atoms with Gasteiger partial charge in [-0.25, -0.2) is 0 Å². The number of rotatable bonds is 5. The summed E-state index contributed by atoms with van der Waals surface area (Å²) in [5.41, 5.74) is 1.30. The van der Waals surface area contributed by atoms with Crippen LogP contribution in [0.25, 0.3) is 0 Å². The lowest BCUT2D eigenvalue weighted by Gasteiger charge is -2.34. The summed E-state index contributed by atoms with van der Waals surface area (Å²) in [5.74, 6) is 2.72. The van der Waals surface area contributed by atoms with Crippen molar-refractivity contribution in [2.45, 2.75) is 58.5 Å². The highest BCUT2D eigenvalue weighted by atomic mass is 16.5. The molecule has 0 aromatic heterocycles. The largest absolute Gasteiger partial charge is 0.496 e. The Balaban J connectivity index is 1.90. The second-order valence-corrected chi connectivity index (χ2v) is 6.70. The Labute approximate surface area is 123 Å². The molecule has 3 unspecified atom stereocenters. The van der Waals surface area contributed by atoms with Crippen LogP contribution in [0, 0.1) is 11.8 Å². The second kappa shape index (κ2) is 7.12. The van der Waals surface area contributed by atoms with Crippen molar-refractivity contribution in [3.63, 3.8) is 0 Å². The van der Waals surface area contributed by atoms with E-state index in [9.17, 15) is 0 Å². The first-order valence-electron chi connectivity index (χ1n) is 7.96. The topological polar surface area (TPSA) is 21.3 Å². The van der Waals surface area contributed by atoms with Gasteiger partial charge in [0.05, 0.1) is 7.11 Å². The normalized spacial score (nSPS) is 28.1. The van der Waals surface area contributed by atoms with Crippen LogP contribution in [0.2, 0.25) is 0 Å². The highest BCUT2D eigenvalue weighted by molar-refractivity contribution is 5.33. The Kier molecular flexibility index (Phi) is 5.47. The van der Waals surface area contributed by atoms with E-state index in [0.29, 0.717) is 12.1 Å². The molecule has 112 valence electrons. The highest BCUT2D eigenvalue weighted by Crippen LogP contribution is 2.29. The number of nitrogens with one attached hydrogen (secondary N) is 1. The molecule has 1 fully saturated rings. The van der Waals surface area contributed by atoms with E-state index in [4.69, 9.17) is 4.74 Å². The van der Waals surface area contributed by atoms with Gasteiger partial charge >= 0.3 is 0 Å². The van der Waals surface area contributed by atoms with Crippen LogP contribution in [0.5, 0.6) is 5.75 Å². The lowest BCUT2D eigenvalue weighted by atomic mass is 9.80. The average molecular weight is 275 g/mol. The predicted octanol–water partition coefficient (Wildman–Crippen LogP) is 4.04. The first-order chi connectivity index (χ1) is 9.58. The van der Waals surface area contributed by atoms with Crippen molar-refractivity contribution >= 4 is 0 Å². The molecule has 1 aromatic carbocycles. The van der Waals surface area contributed by atoms with Crippen molar-refractivity contribution in [1.29, 1.82) is 0 Å². The zero-order chi connectivity index (χ0) is 14.5. The lowest BCUT2D eigenvalue weighted by Crippen LogP contribution is -2.42. The van der Waals surface area contributed by atoms with Gasteiger partial charge in [-0.3, -0.25) is 0 Å². The average Bonchev–Trinajstić information content (AvgIpc) is 2.37. The molecule has 0 bridgehead atoms. The molecule has 0 saturated heterocycles. The number of ether oxygens (including phenoxy) is 1. The zero-order valence-corrected chi connectivity index (χ0v) is 13.4. The van der Waals surface area contributed by atoms with Gasteiger partial charge in [0, 0.05) is 12.1 Å². The van der Waals surface area contributed by atoms with Crippen LogP contribution in [0.15, 0.2) is 24.3 Å². The van der Waals surface area contributed by atoms with Crippen molar-refractivity contribution in [3.05, 3.63) is 29.8 Å². The summed E-state index contributed by atoms with van der Waals surface area (Å²) < 4.78 is 5.44. The second-order valence-electron chi connectivity index (χ2n) is 6.70. The Hall–Kier alpha value is -1.02. The number of para-hydroxylation sites is 1. The van der Waals surface area contributed by atoms with Gasteiger partial charge in [-0.05, 0) is 56.1 Å². The summed E-state index contributed by atoms with van der Waals surface area (Å²) in [7, 11) is 1.75. The van der Waals surface area contributed by atoms with Gasteiger partial charge in [0.25, 0.3) is 0 Å². The summed E-state index contributed by atoms with van der Waals surface area (Å²) in [6, 6.07) is 9.52. The van der Waals surface area contributed by atoms with Crippen molar-refractivity contribution in [2.75, 3.05) is 7.11 Å². The Morgan fingerprint density at radius 1 is 1.15 bits per heavy atom. The van der Waals surface area contributed by atoms with Gasteiger partial charge in [-0.2, -0.15) is 0 Å². The van der Waals surface area contributed by atoms with E-state index < -0.39 is 0 Å². The summed E-state index contributed by atoms with van der Waals surface area (Å²) in [5, 5.41) is 3.82. The maximum atomic E-state index is 5.44. The third kappa shape index (κ3) is 4.24. The SMILES string of the molecule is COc1ccccc1CC(C)NC1CC(C)CC(C)C1. The summed E-state index contributed by atoms with van der Waals surface area (Å²) >= 11 is 0. The van der Waals surface area contributed by atoms with Gasteiger partial charge in [-0.15, -0.1) is 0 Å². The van der Waals surface area contributed by atoms with Crippen molar-refractivity contribution in [2.24, 2.45) is 11.8 Å². The smallest absolute Gasteiger partial charge is 0.122 e. The minimum atomic E-state index is 0.494. The molecule has 0 aliphatic heterocycles. The highest BCUT2D eigenvalue weighted by Gasteiger charge is 2.24. The minimum Gasteiger partial charge on any atom is -0.496 e. The summed E-state index contributed by atoms with van der Waals surface area (Å²) in [6.07, 6.45) is 5.06. The zero-order valence-electron chi connectivity index (χ0n) is 13.4. The van der Waals surface area contributed by atoms with Crippen molar-refractivity contribution < 1.29 is 4.74 Å². The predicted molar refractivity (Wildman–Crippen MR) is 85.3 cm³/mol. The van der Waals surface area contributed by atoms with E-state index in [1.165, 1.54) is 24.8 Å². The van der Waals surface area contributed by atoms with E-state index in [2.05, 4.69) is 38.2 Å². The summed E-state index contributed by atoms with van der Waals surface area (Å²) in [6.45, 7) is 7.06. The molecule has 20 heavy (non-hydrogen) atoms. The van der Waals surface area contributed by atoms with E-state index in [1.807, 2.05) is 12.1 Å². The molecule has 1 aromatic rings. The number of benzene rings is 1. The number of hydrogen-bond acceptors (Lipinski definition) is 2. The number of hydrogen-bond donors (Lipinski definition) is 1. The van der Waals surface area contributed by atoms with E-state index >= 15 is 0 Å². The van der Waals surface area contributed by atoms with Gasteiger partial charge in [0.2, 0.25) is 0 Å². The van der Waals surface area contributed by atoms with E-state index in [1.54, 1.807) is 7.11 Å². The van der Waals surface area contributed by atoms with Gasteiger partial charge < -0.3 is 10.1 Å². The molecule has 2 heteroatoms. The molecule has 1 N–H and O–H groups in total. The molecular formula is C18H29NO. The lowest BCUT2D eigenvalue weighted by molar-refractivity contribution is 0.227. The first-order valence-corrected chi connectivity index (χ1v) is 7.96. The van der Waals surface area contributed by atoms with Crippen LogP contribution >= 0.6 is 0 Å². The van der Waals surface area contributed by atoms with Crippen LogP contribution in [0.1, 0.15) is 45.6 Å². The molecule has 2 rings (SSSR count). The molecular weight excluding hydrogens is 246 g/mol. The molecule has 1 aliphatic rings. The fraction of sp³-hybridized carbons (Fsp3) is 0.667. The van der Waals surface area contributed by atoms with Crippen LogP contribution in [0.4, 0.5) is 0 Å². The Morgan fingerprint density at radius 2 is 1.80 bits per heavy atom. The molecule has 0 radical (unpaired) electrons. The fourth-order valence-corrected chi connectivity index (χ4v) is 3.75. The summed E-state index contributed by atoms with van der Waals surface area (Å²) in [4.78, 5) is 0. The van der Waals surface area contributed by atoms with E-state index in [0.717, 1.165) is 24.0 Å². The Morgan fingerprint density at radius 3 is 2.45 bits per heavy atom. The van der Waals surface area contributed by atoms with Crippen LogP contribution < -0.4 is 10.1 Å². The van der Waals surface area contributed by atoms with Crippen molar-refractivity contribution in [1.82, 2.24) is 5.32 Å². The molecule has 1 aliphatic carbocycles. The van der Waals surface area contributed by atoms with Crippen molar-refractivity contribution in [3.8, 4) is 5.75 Å². The third-order valence-corrected chi connectivity index (χ3v) is 4.42. The van der Waals surface area contributed by atoms with E-state index in [-0.39, 0.29) is 0 Å². The van der Waals surface area contributed by atoms with Gasteiger partial charge in [0.1, 0.15) is 5.75 Å². The third-order valence-electron chi connectivity index (χ3n) is 4.42. The molecule has 3 atom stereocenters. The van der Waals surface area contributed by atoms with Gasteiger partial charge in [0.15, 0.2) is 0 Å². The monoisotopic (exact) mass is 275 g/mol. The quantitative estimate of drug-likeness (QED) is 0.875. The van der Waals surface area contributed by atoms with Crippen LogP contribution in [0.3, 0.4) is 0 Å². The molecule has 0 spiro atoms. The van der Waals surface area contributed by atoms with Crippen LogP contribution in [-0.4, -0.2) is 19.2 Å². The first kappa shape index (κ1) is 15.4. The van der Waals surface area contributed by atoms with Crippen LogP contribution in [-0.2, 0) is 6.42 Å².